The van der Waals surface area contributed by atoms with Crippen LogP contribution in [0.3, 0.4) is 0 Å². The number of hydrogen-bond donors (Lipinski definition) is 1. The zero-order valence-electron chi connectivity index (χ0n) is 11.2. The van der Waals surface area contributed by atoms with E-state index in [1.807, 2.05) is 12.1 Å². The van der Waals surface area contributed by atoms with Crippen LogP contribution in [-0.2, 0) is 13.0 Å². The van der Waals surface area contributed by atoms with Gasteiger partial charge in [0.1, 0.15) is 0 Å². The van der Waals surface area contributed by atoms with E-state index >= 15 is 0 Å². The predicted molar refractivity (Wildman–Crippen MR) is 72.6 cm³/mol. The van der Waals surface area contributed by atoms with E-state index < -0.39 is 11.6 Å². The SMILES string of the molecule is CNCc1cc(F)c(OCCc2ccncc2)c(F)c1. The fourth-order valence-corrected chi connectivity index (χ4v) is 1.88. The van der Waals surface area contributed by atoms with Gasteiger partial charge in [-0.05, 0) is 42.4 Å². The lowest BCUT2D eigenvalue weighted by Crippen LogP contribution is -2.08. The summed E-state index contributed by atoms with van der Waals surface area (Å²) in [5, 5.41) is 2.84. The van der Waals surface area contributed by atoms with Crippen LogP contribution in [0.25, 0.3) is 0 Å². The molecule has 0 aliphatic rings. The van der Waals surface area contributed by atoms with Gasteiger partial charge in [0.25, 0.3) is 0 Å². The fraction of sp³-hybridized carbons (Fsp3) is 0.267. The average molecular weight is 278 g/mol. The highest BCUT2D eigenvalue weighted by Gasteiger charge is 2.12. The number of ether oxygens (including phenoxy) is 1. The summed E-state index contributed by atoms with van der Waals surface area (Å²) < 4.78 is 32.7. The molecule has 0 saturated heterocycles. The second-order valence-corrected chi connectivity index (χ2v) is 4.37. The third-order valence-corrected chi connectivity index (χ3v) is 2.83. The van der Waals surface area contributed by atoms with Crippen molar-refractivity contribution in [1.29, 1.82) is 0 Å². The number of nitrogens with one attached hydrogen (secondary N) is 1. The number of benzene rings is 1. The molecule has 0 atom stereocenters. The van der Waals surface area contributed by atoms with Gasteiger partial charge in [0.05, 0.1) is 6.61 Å². The number of aromatic nitrogens is 1. The second kappa shape index (κ2) is 6.96. The molecule has 1 N–H and O–H groups in total. The molecule has 0 saturated carbocycles. The van der Waals surface area contributed by atoms with E-state index in [4.69, 9.17) is 4.74 Å². The Kier molecular flexibility index (Phi) is 5.01. The normalized spacial score (nSPS) is 10.6. The number of hydrogen-bond acceptors (Lipinski definition) is 3. The quantitative estimate of drug-likeness (QED) is 0.882. The lowest BCUT2D eigenvalue weighted by Gasteiger charge is -2.10. The summed E-state index contributed by atoms with van der Waals surface area (Å²) in [5.41, 5.74) is 1.55. The first-order valence-electron chi connectivity index (χ1n) is 6.35. The maximum atomic E-state index is 13.8. The Morgan fingerprint density at radius 2 is 1.75 bits per heavy atom. The molecule has 0 unspecified atom stereocenters. The van der Waals surface area contributed by atoms with Gasteiger partial charge in [0.15, 0.2) is 17.4 Å². The highest BCUT2D eigenvalue weighted by atomic mass is 19.1. The van der Waals surface area contributed by atoms with Crippen LogP contribution in [0.1, 0.15) is 11.1 Å². The van der Waals surface area contributed by atoms with Gasteiger partial charge in [-0.15, -0.1) is 0 Å². The van der Waals surface area contributed by atoms with Crippen LogP contribution in [0.15, 0.2) is 36.7 Å². The fourth-order valence-electron chi connectivity index (χ4n) is 1.88. The first-order valence-corrected chi connectivity index (χ1v) is 6.35. The first-order chi connectivity index (χ1) is 9.70. The van der Waals surface area contributed by atoms with Crippen LogP contribution in [0.5, 0.6) is 5.75 Å². The topological polar surface area (TPSA) is 34.1 Å². The molecular weight excluding hydrogens is 262 g/mol. The van der Waals surface area contributed by atoms with Gasteiger partial charge in [0, 0.05) is 25.4 Å². The van der Waals surface area contributed by atoms with Crippen molar-refractivity contribution in [2.75, 3.05) is 13.7 Å². The molecule has 0 aliphatic carbocycles. The van der Waals surface area contributed by atoms with E-state index in [1.165, 1.54) is 12.1 Å². The first kappa shape index (κ1) is 14.4. The standard InChI is InChI=1S/C15H16F2N2O/c1-18-10-12-8-13(16)15(14(17)9-12)20-7-4-11-2-5-19-6-3-11/h2-3,5-6,8-9,18H,4,7,10H2,1H3. The van der Waals surface area contributed by atoms with Gasteiger partial charge < -0.3 is 10.1 Å². The Hall–Kier alpha value is -2.01. The Balaban J connectivity index is 1.99. The second-order valence-electron chi connectivity index (χ2n) is 4.37. The molecule has 3 nitrogen and oxygen atoms in total. The summed E-state index contributed by atoms with van der Waals surface area (Å²) in [5.74, 6) is -1.67. The van der Waals surface area contributed by atoms with E-state index in [1.54, 1.807) is 19.4 Å². The summed E-state index contributed by atoms with van der Waals surface area (Å²) in [6, 6.07) is 6.24. The minimum Gasteiger partial charge on any atom is -0.487 e. The number of halogens is 2. The summed E-state index contributed by atoms with van der Waals surface area (Å²) in [7, 11) is 1.72. The molecular formula is C15H16F2N2O. The highest BCUT2D eigenvalue weighted by Crippen LogP contribution is 2.23. The molecule has 0 fully saturated rings. The molecule has 5 heteroatoms. The third-order valence-electron chi connectivity index (χ3n) is 2.83. The van der Waals surface area contributed by atoms with Crippen molar-refractivity contribution in [2.24, 2.45) is 0 Å². The Bertz CT molecular complexity index is 538. The van der Waals surface area contributed by atoms with Crippen molar-refractivity contribution in [1.82, 2.24) is 10.3 Å². The molecule has 0 bridgehead atoms. The van der Waals surface area contributed by atoms with Crippen molar-refractivity contribution >= 4 is 0 Å². The summed E-state index contributed by atoms with van der Waals surface area (Å²) in [6.07, 6.45) is 3.91. The smallest absolute Gasteiger partial charge is 0.190 e. The Morgan fingerprint density at radius 3 is 2.35 bits per heavy atom. The summed E-state index contributed by atoms with van der Waals surface area (Å²) >= 11 is 0. The van der Waals surface area contributed by atoms with Gasteiger partial charge in [-0.1, -0.05) is 0 Å². The van der Waals surface area contributed by atoms with E-state index in [-0.39, 0.29) is 12.4 Å². The van der Waals surface area contributed by atoms with Crippen LogP contribution < -0.4 is 10.1 Å². The van der Waals surface area contributed by atoms with Crippen LogP contribution in [0, 0.1) is 11.6 Å². The lowest BCUT2D eigenvalue weighted by atomic mass is 10.2. The van der Waals surface area contributed by atoms with Gasteiger partial charge in [0.2, 0.25) is 0 Å². The molecule has 2 rings (SSSR count). The van der Waals surface area contributed by atoms with E-state index in [0.29, 0.717) is 18.5 Å². The lowest BCUT2D eigenvalue weighted by molar-refractivity contribution is 0.288. The van der Waals surface area contributed by atoms with Crippen molar-refractivity contribution in [3.05, 3.63) is 59.4 Å². The highest BCUT2D eigenvalue weighted by molar-refractivity contribution is 5.31. The molecule has 2 aromatic rings. The molecule has 106 valence electrons. The van der Waals surface area contributed by atoms with Gasteiger partial charge in [-0.2, -0.15) is 0 Å². The maximum absolute atomic E-state index is 13.8. The molecule has 0 radical (unpaired) electrons. The zero-order chi connectivity index (χ0) is 14.4. The molecule has 1 heterocycles. The van der Waals surface area contributed by atoms with Gasteiger partial charge in [-0.3, -0.25) is 4.98 Å². The zero-order valence-corrected chi connectivity index (χ0v) is 11.2. The minimum absolute atomic E-state index is 0.212. The molecule has 20 heavy (non-hydrogen) atoms. The Morgan fingerprint density at radius 1 is 1.10 bits per heavy atom. The number of pyridine rings is 1. The number of rotatable bonds is 6. The third kappa shape index (κ3) is 3.74. The Labute approximate surface area is 116 Å². The number of nitrogens with zero attached hydrogens (tertiary/aromatic N) is 1. The molecule has 1 aromatic heterocycles. The average Bonchev–Trinajstić information content (AvgIpc) is 2.43. The van der Waals surface area contributed by atoms with Crippen LogP contribution in [0.2, 0.25) is 0 Å². The molecule has 0 spiro atoms. The van der Waals surface area contributed by atoms with Crippen LogP contribution >= 0.6 is 0 Å². The molecule has 0 amide bonds. The van der Waals surface area contributed by atoms with E-state index in [0.717, 1.165) is 5.56 Å². The summed E-state index contributed by atoms with van der Waals surface area (Å²) in [4.78, 5) is 3.90. The van der Waals surface area contributed by atoms with Crippen molar-refractivity contribution < 1.29 is 13.5 Å². The monoisotopic (exact) mass is 278 g/mol. The van der Waals surface area contributed by atoms with Gasteiger partial charge in [-0.25, -0.2) is 8.78 Å². The van der Waals surface area contributed by atoms with E-state index in [2.05, 4.69) is 10.3 Å². The maximum Gasteiger partial charge on any atom is 0.190 e. The molecule has 0 aliphatic heterocycles. The largest absolute Gasteiger partial charge is 0.487 e. The van der Waals surface area contributed by atoms with Gasteiger partial charge >= 0.3 is 0 Å². The molecule has 1 aromatic carbocycles. The minimum atomic E-state index is -0.676. The van der Waals surface area contributed by atoms with Crippen molar-refractivity contribution in [3.63, 3.8) is 0 Å². The van der Waals surface area contributed by atoms with Crippen molar-refractivity contribution in [2.45, 2.75) is 13.0 Å². The van der Waals surface area contributed by atoms with Crippen molar-refractivity contribution in [3.8, 4) is 5.75 Å². The predicted octanol–water partition coefficient (Wildman–Crippen LogP) is 2.70. The van der Waals surface area contributed by atoms with E-state index in [9.17, 15) is 8.78 Å². The van der Waals surface area contributed by atoms with Crippen LogP contribution in [-0.4, -0.2) is 18.6 Å². The summed E-state index contributed by atoms with van der Waals surface area (Å²) in [6.45, 7) is 0.619. The van der Waals surface area contributed by atoms with Crippen LogP contribution in [0.4, 0.5) is 8.78 Å².